The van der Waals surface area contributed by atoms with Crippen LogP contribution in [0.3, 0.4) is 0 Å². The molecular weight excluding hydrogens is 570 g/mol. The van der Waals surface area contributed by atoms with Gasteiger partial charge in [0.2, 0.25) is 16.0 Å². The van der Waals surface area contributed by atoms with Crippen LogP contribution in [0.2, 0.25) is 0 Å². The Bertz CT molecular complexity index is 1400. The standard InChI is InChI=1S/C26H32BrN7O3S/c1-33-12-5-13-34(15-14-33)18-8-11-23(24(16-18)37-2)30-26-28-17-20(27)25(31-26)29-21-6-3-4-7-22(21)32-38(35,36)19-9-10-19/h3-4,6-8,11,16-17,19,32H,5,9-10,12-15H2,1-2H3,(H2,28,29,30,31). The van der Waals surface area contributed by atoms with E-state index in [0.717, 1.165) is 44.0 Å². The second kappa shape index (κ2) is 11.3. The minimum absolute atomic E-state index is 0.320. The minimum Gasteiger partial charge on any atom is -0.494 e. The van der Waals surface area contributed by atoms with Crippen LogP contribution in [0.25, 0.3) is 0 Å². The van der Waals surface area contributed by atoms with Gasteiger partial charge >= 0.3 is 0 Å². The highest BCUT2D eigenvalue weighted by Gasteiger charge is 2.36. The molecule has 3 aromatic rings. The number of para-hydroxylation sites is 2. The summed E-state index contributed by atoms with van der Waals surface area (Å²) in [6.45, 7) is 4.09. The van der Waals surface area contributed by atoms with Gasteiger partial charge in [-0.1, -0.05) is 12.1 Å². The van der Waals surface area contributed by atoms with Crippen LogP contribution in [0.15, 0.2) is 53.1 Å². The third-order valence-corrected chi connectivity index (χ3v) is 9.09. The SMILES string of the molecule is COc1cc(N2CCCN(C)CC2)ccc1Nc1ncc(Br)c(Nc2ccccc2NS(=O)(=O)C2CC2)n1. The van der Waals surface area contributed by atoms with Crippen LogP contribution in [0.5, 0.6) is 5.75 Å². The lowest BCUT2D eigenvalue weighted by molar-refractivity contribution is 0.360. The highest BCUT2D eigenvalue weighted by Crippen LogP contribution is 2.35. The summed E-state index contributed by atoms with van der Waals surface area (Å²) in [4.78, 5) is 13.8. The molecule has 10 nitrogen and oxygen atoms in total. The molecule has 202 valence electrons. The third kappa shape index (κ3) is 6.30. The molecule has 1 aliphatic carbocycles. The fraction of sp³-hybridized carbons (Fsp3) is 0.385. The van der Waals surface area contributed by atoms with E-state index in [1.165, 1.54) is 0 Å². The predicted octanol–water partition coefficient (Wildman–Crippen LogP) is 4.78. The second-order valence-corrected chi connectivity index (χ2v) is 12.4. The zero-order valence-electron chi connectivity index (χ0n) is 21.4. The number of nitrogens with zero attached hydrogens (tertiary/aromatic N) is 4. The number of rotatable bonds is 9. The molecule has 2 heterocycles. The minimum atomic E-state index is -3.40. The molecule has 2 fully saturated rings. The van der Waals surface area contributed by atoms with Crippen molar-refractivity contribution < 1.29 is 13.2 Å². The average molecular weight is 603 g/mol. The number of anilines is 6. The first-order valence-corrected chi connectivity index (χ1v) is 14.9. The molecule has 0 amide bonds. The zero-order valence-corrected chi connectivity index (χ0v) is 23.8. The number of hydrogen-bond acceptors (Lipinski definition) is 9. The van der Waals surface area contributed by atoms with Crippen molar-refractivity contribution >= 4 is 60.5 Å². The quantitative estimate of drug-likeness (QED) is 0.319. The van der Waals surface area contributed by atoms with Gasteiger partial charge in [-0.2, -0.15) is 4.98 Å². The maximum absolute atomic E-state index is 12.5. The van der Waals surface area contributed by atoms with Gasteiger partial charge in [0.15, 0.2) is 0 Å². The Morgan fingerprint density at radius 2 is 1.79 bits per heavy atom. The maximum atomic E-state index is 12.5. The van der Waals surface area contributed by atoms with Gasteiger partial charge in [-0.3, -0.25) is 4.72 Å². The molecule has 38 heavy (non-hydrogen) atoms. The molecule has 1 aromatic heterocycles. The van der Waals surface area contributed by atoms with E-state index in [4.69, 9.17) is 4.74 Å². The van der Waals surface area contributed by atoms with Crippen LogP contribution in [-0.2, 0) is 10.0 Å². The Morgan fingerprint density at radius 3 is 2.55 bits per heavy atom. The van der Waals surface area contributed by atoms with Crippen molar-refractivity contribution in [1.82, 2.24) is 14.9 Å². The van der Waals surface area contributed by atoms with Crippen LogP contribution in [-0.4, -0.2) is 68.9 Å². The van der Waals surface area contributed by atoms with E-state index in [2.05, 4.69) is 64.2 Å². The fourth-order valence-electron chi connectivity index (χ4n) is 4.34. The first-order chi connectivity index (χ1) is 18.3. The molecule has 2 aromatic carbocycles. The van der Waals surface area contributed by atoms with Crippen LogP contribution < -0.4 is 25.0 Å². The third-order valence-electron chi connectivity index (χ3n) is 6.66. The highest BCUT2D eigenvalue weighted by molar-refractivity contribution is 9.10. The van der Waals surface area contributed by atoms with Gasteiger partial charge in [-0.25, -0.2) is 13.4 Å². The molecule has 0 bridgehead atoms. The molecule has 0 unspecified atom stereocenters. The molecule has 1 saturated heterocycles. The summed E-state index contributed by atoms with van der Waals surface area (Å²) in [5, 5.41) is 6.17. The summed E-state index contributed by atoms with van der Waals surface area (Å²) in [5.74, 6) is 1.56. The topological polar surface area (TPSA) is 112 Å². The molecule has 0 atom stereocenters. The summed E-state index contributed by atoms with van der Waals surface area (Å²) in [6.07, 6.45) is 4.14. The van der Waals surface area contributed by atoms with Gasteiger partial charge in [0, 0.05) is 37.6 Å². The van der Waals surface area contributed by atoms with E-state index in [0.29, 0.717) is 46.2 Å². The van der Waals surface area contributed by atoms with Gasteiger partial charge in [0.05, 0.1) is 33.9 Å². The second-order valence-electron chi connectivity index (χ2n) is 9.56. The van der Waals surface area contributed by atoms with E-state index < -0.39 is 10.0 Å². The van der Waals surface area contributed by atoms with Crippen molar-refractivity contribution in [3.05, 3.63) is 53.1 Å². The molecule has 2 aliphatic rings. The van der Waals surface area contributed by atoms with E-state index >= 15 is 0 Å². The lowest BCUT2D eigenvalue weighted by Crippen LogP contribution is -2.28. The fourth-order valence-corrected chi connectivity index (χ4v) is 6.04. The lowest BCUT2D eigenvalue weighted by atomic mass is 10.2. The number of ether oxygens (including phenoxy) is 1. The summed E-state index contributed by atoms with van der Waals surface area (Å²) < 4.78 is 34.1. The smallest absolute Gasteiger partial charge is 0.235 e. The number of likely N-dealkylation sites (N-methyl/N-ethyl adjacent to an activating group) is 1. The zero-order chi connectivity index (χ0) is 26.7. The van der Waals surface area contributed by atoms with E-state index in [9.17, 15) is 8.42 Å². The molecule has 0 radical (unpaired) electrons. The van der Waals surface area contributed by atoms with Crippen molar-refractivity contribution in [2.75, 3.05) is 60.6 Å². The number of methoxy groups -OCH3 is 1. The molecule has 12 heteroatoms. The molecule has 0 spiro atoms. The molecule has 5 rings (SSSR count). The Kier molecular flexibility index (Phi) is 7.91. The Balaban J connectivity index is 1.34. The summed E-state index contributed by atoms with van der Waals surface area (Å²) in [6, 6.07) is 13.2. The normalized spacial score (nSPS) is 16.6. The van der Waals surface area contributed by atoms with Crippen molar-refractivity contribution in [2.45, 2.75) is 24.5 Å². The van der Waals surface area contributed by atoms with Crippen molar-refractivity contribution in [3.63, 3.8) is 0 Å². The number of benzene rings is 2. The molecule has 1 aliphatic heterocycles. The van der Waals surface area contributed by atoms with E-state index in [-0.39, 0.29) is 5.25 Å². The number of aromatic nitrogens is 2. The van der Waals surface area contributed by atoms with Crippen LogP contribution in [0.1, 0.15) is 19.3 Å². The molecular formula is C26H32BrN7O3S. The first-order valence-electron chi connectivity index (χ1n) is 12.6. The molecule has 3 N–H and O–H groups in total. The summed E-state index contributed by atoms with van der Waals surface area (Å²) >= 11 is 3.50. The number of hydrogen-bond donors (Lipinski definition) is 3. The monoisotopic (exact) mass is 601 g/mol. The maximum Gasteiger partial charge on any atom is 0.235 e. The van der Waals surface area contributed by atoms with E-state index in [1.807, 2.05) is 18.2 Å². The molecule has 1 saturated carbocycles. The lowest BCUT2D eigenvalue weighted by Gasteiger charge is -2.24. The Labute approximate surface area is 232 Å². The van der Waals surface area contributed by atoms with Gasteiger partial charge in [-0.05, 0) is 73.1 Å². The summed E-state index contributed by atoms with van der Waals surface area (Å²) in [5.41, 5.74) is 2.92. The predicted molar refractivity (Wildman–Crippen MR) is 156 cm³/mol. The van der Waals surface area contributed by atoms with E-state index in [1.54, 1.807) is 31.5 Å². The van der Waals surface area contributed by atoms with Crippen LogP contribution in [0.4, 0.5) is 34.5 Å². The largest absolute Gasteiger partial charge is 0.494 e. The first kappa shape index (κ1) is 26.5. The summed E-state index contributed by atoms with van der Waals surface area (Å²) in [7, 11) is 0.400. The van der Waals surface area contributed by atoms with Crippen LogP contribution in [0, 0.1) is 0 Å². The van der Waals surface area contributed by atoms with Gasteiger partial charge in [0.25, 0.3) is 0 Å². The number of nitrogens with one attached hydrogen (secondary N) is 3. The Hall–Kier alpha value is -3.09. The highest BCUT2D eigenvalue weighted by atomic mass is 79.9. The van der Waals surface area contributed by atoms with Crippen molar-refractivity contribution in [2.24, 2.45) is 0 Å². The van der Waals surface area contributed by atoms with Gasteiger partial charge < -0.3 is 25.2 Å². The van der Waals surface area contributed by atoms with Crippen LogP contribution >= 0.6 is 15.9 Å². The van der Waals surface area contributed by atoms with Crippen molar-refractivity contribution in [3.8, 4) is 5.75 Å². The van der Waals surface area contributed by atoms with Crippen molar-refractivity contribution in [1.29, 1.82) is 0 Å². The number of sulfonamides is 1. The Morgan fingerprint density at radius 1 is 1.00 bits per heavy atom. The van der Waals surface area contributed by atoms with Gasteiger partial charge in [0.1, 0.15) is 11.6 Å². The van der Waals surface area contributed by atoms with Gasteiger partial charge in [-0.15, -0.1) is 0 Å². The average Bonchev–Trinajstić information content (AvgIpc) is 3.76. The number of halogens is 1.